The first kappa shape index (κ1) is 27.4. The molecular formula is C32H36N4O4. The van der Waals surface area contributed by atoms with Gasteiger partial charge in [-0.15, -0.1) is 0 Å². The van der Waals surface area contributed by atoms with Crippen LogP contribution in [0.3, 0.4) is 0 Å². The standard InChI is InChI=1S/C32H36N4O4/c1-21-12-14-26(22(2)17-21)30(23-9-6-5-7-10-23)34-32(37)25-11-8-16-36(19-25)20-29-33-31(35-40-29)24-13-15-27(38-3)28(18-24)39-4/h5-7,9-10,12-15,17-18,25,30H,8,11,16,19-20H2,1-4H3,(H,34,37). The van der Waals surface area contributed by atoms with E-state index in [9.17, 15) is 4.79 Å². The van der Waals surface area contributed by atoms with E-state index in [-0.39, 0.29) is 17.9 Å². The summed E-state index contributed by atoms with van der Waals surface area (Å²) >= 11 is 0. The lowest BCUT2D eigenvalue weighted by Gasteiger charge is -2.32. The van der Waals surface area contributed by atoms with Gasteiger partial charge < -0.3 is 19.3 Å². The molecule has 1 amide bonds. The summed E-state index contributed by atoms with van der Waals surface area (Å²) in [7, 11) is 3.19. The molecule has 3 aromatic carbocycles. The zero-order valence-electron chi connectivity index (χ0n) is 23.5. The van der Waals surface area contributed by atoms with Crippen molar-refractivity contribution in [2.24, 2.45) is 5.92 Å². The second-order valence-electron chi connectivity index (χ2n) is 10.4. The monoisotopic (exact) mass is 540 g/mol. The minimum Gasteiger partial charge on any atom is -0.493 e. The largest absolute Gasteiger partial charge is 0.493 e. The van der Waals surface area contributed by atoms with Gasteiger partial charge in [-0.25, -0.2) is 0 Å². The van der Waals surface area contributed by atoms with Gasteiger partial charge in [0.1, 0.15) is 0 Å². The normalized spacial score (nSPS) is 16.4. The van der Waals surface area contributed by atoms with Crippen LogP contribution in [0.25, 0.3) is 11.4 Å². The molecule has 2 unspecified atom stereocenters. The van der Waals surface area contributed by atoms with Crippen molar-refractivity contribution in [3.63, 3.8) is 0 Å². The van der Waals surface area contributed by atoms with Gasteiger partial charge in [-0.2, -0.15) is 4.98 Å². The minimum absolute atomic E-state index is 0.0649. The molecule has 0 spiro atoms. The van der Waals surface area contributed by atoms with E-state index >= 15 is 0 Å². The van der Waals surface area contributed by atoms with Crippen LogP contribution in [0.5, 0.6) is 11.5 Å². The lowest BCUT2D eigenvalue weighted by Crippen LogP contribution is -2.44. The fourth-order valence-corrected chi connectivity index (χ4v) is 5.41. The van der Waals surface area contributed by atoms with Gasteiger partial charge in [0.15, 0.2) is 11.5 Å². The Balaban J connectivity index is 1.27. The number of ether oxygens (including phenoxy) is 2. The van der Waals surface area contributed by atoms with Crippen molar-refractivity contribution in [1.29, 1.82) is 0 Å². The molecule has 1 saturated heterocycles. The summed E-state index contributed by atoms with van der Waals surface area (Å²) < 4.78 is 16.3. The molecule has 1 aromatic heterocycles. The molecule has 40 heavy (non-hydrogen) atoms. The average molecular weight is 541 g/mol. The van der Waals surface area contributed by atoms with Crippen LogP contribution in [0.4, 0.5) is 0 Å². The number of likely N-dealkylation sites (tertiary alicyclic amines) is 1. The number of aromatic nitrogens is 2. The second-order valence-corrected chi connectivity index (χ2v) is 10.4. The van der Waals surface area contributed by atoms with Crippen LogP contribution >= 0.6 is 0 Å². The second kappa shape index (κ2) is 12.3. The van der Waals surface area contributed by atoms with Crippen LogP contribution in [0, 0.1) is 19.8 Å². The number of aryl methyl sites for hydroxylation is 2. The van der Waals surface area contributed by atoms with Gasteiger partial charge in [0.05, 0.1) is 32.7 Å². The molecule has 0 aliphatic carbocycles. The number of carbonyl (C=O) groups excluding carboxylic acids is 1. The Hall–Kier alpha value is -4.17. The van der Waals surface area contributed by atoms with E-state index < -0.39 is 0 Å². The molecule has 5 rings (SSSR count). The summed E-state index contributed by atoms with van der Waals surface area (Å²) in [5, 5.41) is 7.54. The number of nitrogens with zero attached hydrogens (tertiary/aromatic N) is 3. The van der Waals surface area contributed by atoms with E-state index in [0.29, 0.717) is 36.3 Å². The Morgan fingerprint density at radius 2 is 1.85 bits per heavy atom. The lowest BCUT2D eigenvalue weighted by molar-refractivity contribution is -0.127. The third kappa shape index (κ3) is 6.18. The highest BCUT2D eigenvalue weighted by Crippen LogP contribution is 2.32. The number of rotatable bonds is 9. The van der Waals surface area contributed by atoms with Crippen LogP contribution in [0.15, 0.2) is 71.3 Å². The predicted molar refractivity (Wildman–Crippen MR) is 153 cm³/mol. The van der Waals surface area contributed by atoms with Crippen LogP contribution in [0.1, 0.15) is 47.0 Å². The van der Waals surface area contributed by atoms with Gasteiger partial charge in [0, 0.05) is 12.1 Å². The number of benzene rings is 3. The van der Waals surface area contributed by atoms with Gasteiger partial charge >= 0.3 is 0 Å². The average Bonchev–Trinajstić information content (AvgIpc) is 3.44. The molecule has 8 nitrogen and oxygen atoms in total. The van der Waals surface area contributed by atoms with E-state index in [1.807, 2.05) is 36.4 Å². The van der Waals surface area contributed by atoms with Crippen molar-refractivity contribution in [2.45, 2.75) is 39.3 Å². The number of amides is 1. The van der Waals surface area contributed by atoms with Crippen LogP contribution in [-0.2, 0) is 11.3 Å². The number of hydrogen-bond donors (Lipinski definition) is 1. The number of carbonyl (C=O) groups is 1. The Labute approximate surface area is 235 Å². The number of nitrogens with one attached hydrogen (secondary N) is 1. The van der Waals surface area contributed by atoms with Crippen molar-refractivity contribution in [2.75, 3.05) is 27.3 Å². The Kier molecular flexibility index (Phi) is 8.45. The summed E-state index contributed by atoms with van der Waals surface area (Å²) in [5.41, 5.74) is 5.34. The zero-order chi connectivity index (χ0) is 28.1. The van der Waals surface area contributed by atoms with Gasteiger partial charge in [-0.05, 0) is 68.1 Å². The molecule has 1 N–H and O–H groups in total. The topological polar surface area (TPSA) is 89.7 Å². The summed E-state index contributed by atoms with van der Waals surface area (Å²) in [6.45, 7) is 6.19. The summed E-state index contributed by atoms with van der Waals surface area (Å²) in [4.78, 5) is 20.4. The van der Waals surface area contributed by atoms with Gasteiger partial charge in [0.2, 0.25) is 17.6 Å². The van der Waals surface area contributed by atoms with E-state index in [2.05, 4.69) is 64.5 Å². The van der Waals surface area contributed by atoms with Crippen LogP contribution in [0.2, 0.25) is 0 Å². The highest BCUT2D eigenvalue weighted by Gasteiger charge is 2.29. The van der Waals surface area contributed by atoms with E-state index in [1.165, 1.54) is 11.1 Å². The van der Waals surface area contributed by atoms with Gasteiger partial charge in [-0.3, -0.25) is 9.69 Å². The summed E-state index contributed by atoms with van der Waals surface area (Å²) in [6.07, 6.45) is 1.77. The maximum absolute atomic E-state index is 13.6. The SMILES string of the molecule is COc1ccc(-c2noc(CN3CCCC(C(=O)NC(c4ccccc4)c4ccc(C)cc4C)C3)n2)cc1OC. The molecule has 4 aromatic rings. The molecule has 1 aliphatic heterocycles. The molecule has 2 atom stereocenters. The first-order chi connectivity index (χ1) is 19.4. The first-order valence-electron chi connectivity index (χ1n) is 13.6. The lowest BCUT2D eigenvalue weighted by atomic mass is 9.92. The Bertz CT molecular complexity index is 1450. The van der Waals surface area contributed by atoms with Crippen LogP contribution < -0.4 is 14.8 Å². The molecule has 1 aliphatic rings. The van der Waals surface area contributed by atoms with E-state index in [4.69, 9.17) is 14.0 Å². The fourth-order valence-electron chi connectivity index (χ4n) is 5.41. The van der Waals surface area contributed by atoms with Gasteiger partial charge in [-0.1, -0.05) is 59.3 Å². The van der Waals surface area contributed by atoms with Crippen molar-refractivity contribution in [3.05, 3.63) is 94.9 Å². The Morgan fingerprint density at radius 1 is 1.05 bits per heavy atom. The first-order valence-corrected chi connectivity index (χ1v) is 13.6. The molecule has 0 saturated carbocycles. The summed E-state index contributed by atoms with van der Waals surface area (Å²) in [6, 6.07) is 21.9. The number of hydrogen-bond acceptors (Lipinski definition) is 7. The summed E-state index contributed by atoms with van der Waals surface area (Å²) in [5.74, 6) is 2.18. The third-order valence-electron chi connectivity index (χ3n) is 7.50. The minimum atomic E-state index is -0.204. The van der Waals surface area contributed by atoms with Crippen molar-refractivity contribution in [3.8, 4) is 22.9 Å². The van der Waals surface area contributed by atoms with E-state index in [0.717, 1.165) is 36.1 Å². The van der Waals surface area contributed by atoms with Gasteiger partial charge in [0.25, 0.3) is 0 Å². The van der Waals surface area contributed by atoms with E-state index in [1.54, 1.807) is 14.2 Å². The molecule has 0 radical (unpaired) electrons. The molecule has 0 bridgehead atoms. The number of methoxy groups -OCH3 is 2. The predicted octanol–water partition coefficient (Wildman–Crippen LogP) is 5.49. The molecule has 8 heteroatoms. The maximum atomic E-state index is 13.6. The fraction of sp³-hybridized carbons (Fsp3) is 0.344. The van der Waals surface area contributed by atoms with Crippen molar-refractivity contribution in [1.82, 2.24) is 20.4 Å². The van der Waals surface area contributed by atoms with Crippen molar-refractivity contribution >= 4 is 5.91 Å². The molecule has 208 valence electrons. The highest BCUT2D eigenvalue weighted by atomic mass is 16.5. The zero-order valence-corrected chi connectivity index (χ0v) is 23.5. The smallest absolute Gasteiger partial charge is 0.241 e. The van der Waals surface area contributed by atoms with Crippen molar-refractivity contribution < 1.29 is 18.8 Å². The molecular weight excluding hydrogens is 504 g/mol. The molecule has 2 heterocycles. The maximum Gasteiger partial charge on any atom is 0.241 e. The molecule has 1 fully saturated rings. The Morgan fingerprint density at radius 3 is 2.60 bits per heavy atom. The highest BCUT2D eigenvalue weighted by molar-refractivity contribution is 5.80. The number of piperidine rings is 1. The quantitative estimate of drug-likeness (QED) is 0.300. The third-order valence-corrected chi connectivity index (χ3v) is 7.50. The van der Waals surface area contributed by atoms with Crippen LogP contribution in [-0.4, -0.2) is 48.3 Å².